The number of pyridine rings is 1. The summed E-state index contributed by atoms with van der Waals surface area (Å²) in [5.41, 5.74) is 4.43. The number of aromatic nitrogens is 4. The average molecular weight is 276 g/mol. The van der Waals surface area contributed by atoms with Crippen molar-refractivity contribution in [1.82, 2.24) is 25.4 Å². The topological polar surface area (TPSA) is 122 Å². The summed E-state index contributed by atoms with van der Waals surface area (Å²) in [5.74, 6) is 0.236. The Kier molecular flexibility index (Phi) is 3.89. The summed E-state index contributed by atoms with van der Waals surface area (Å²) >= 11 is 0. The molecule has 9 nitrogen and oxygen atoms in total. The summed E-state index contributed by atoms with van der Waals surface area (Å²) in [6.07, 6.45) is 1.54. The van der Waals surface area contributed by atoms with Crippen LogP contribution in [0.4, 0.5) is 5.95 Å². The summed E-state index contributed by atoms with van der Waals surface area (Å²) < 4.78 is 5.14. The van der Waals surface area contributed by atoms with E-state index in [4.69, 9.17) is 4.74 Å². The fourth-order valence-corrected chi connectivity index (χ4v) is 1.43. The molecular weight excluding hydrogens is 264 g/mol. The zero-order chi connectivity index (χ0) is 14.5. The molecule has 0 spiro atoms. The number of methoxy groups -OCH3 is 1. The monoisotopic (exact) mass is 276 g/mol. The van der Waals surface area contributed by atoms with Gasteiger partial charge in [-0.15, -0.1) is 0 Å². The van der Waals surface area contributed by atoms with Crippen LogP contribution in [0.2, 0.25) is 0 Å². The number of anilines is 1. The molecule has 0 fully saturated rings. The van der Waals surface area contributed by atoms with Gasteiger partial charge in [0.1, 0.15) is 11.4 Å². The van der Waals surface area contributed by atoms with E-state index in [1.165, 1.54) is 14.0 Å². The number of nitrogens with one attached hydrogen (secondary N) is 3. The van der Waals surface area contributed by atoms with Crippen molar-refractivity contribution < 1.29 is 9.53 Å². The molecule has 2 rings (SSSR count). The molecule has 0 radical (unpaired) electrons. The van der Waals surface area contributed by atoms with Gasteiger partial charge in [-0.25, -0.2) is 9.78 Å². The third-order valence-electron chi connectivity index (χ3n) is 2.22. The lowest BCUT2D eigenvalue weighted by molar-refractivity contribution is -0.118. The van der Waals surface area contributed by atoms with Crippen molar-refractivity contribution >= 4 is 11.9 Å². The second-order valence-electron chi connectivity index (χ2n) is 3.69. The van der Waals surface area contributed by atoms with E-state index in [0.29, 0.717) is 11.4 Å². The van der Waals surface area contributed by atoms with Gasteiger partial charge in [-0.2, -0.15) is 9.97 Å². The van der Waals surface area contributed by atoms with Crippen LogP contribution in [-0.2, 0) is 4.79 Å². The van der Waals surface area contributed by atoms with Crippen molar-refractivity contribution in [1.29, 1.82) is 0 Å². The van der Waals surface area contributed by atoms with Crippen LogP contribution in [0.5, 0.6) is 5.75 Å². The van der Waals surface area contributed by atoms with Crippen molar-refractivity contribution in [2.24, 2.45) is 0 Å². The molecule has 0 aliphatic carbocycles. The number of ether oxygens (including phenoxy) is 1. The number of hydrazine groups is 1. The zero-order valence-corrected chi connectivity index (χ0v) is 10.8. The number of hydrogen-bond acceptors (Lipinski definition) is 7. The number of carbonyl (C=O) groups is 1. The first-order chi connectivity index (χ1) is 9.60. The maximum Gasteiger partial charge on any atom is 0.349 e. The highest BCUT2D eigenvalue weighted by molar-refractivity contribution is 5.74. The van der Waals surface area contributed by atoms with E-state index in [2.05, 4.69) is 30.8 Å². The molecule has 0 aliphatic heterocycles. The Labute approximate surface area is 113 Å². The molecule has 0 aromatic carbocycles. The Bertz CT molecular complexity index is 684. The van der Waals surface area contributed by atoms with Gasteiger partial charge in [-0.05, 0) is 12.1 Å². The first kappa shape index (κ1) is 13.5. The minimum absolute atomic E-state index is 0.0494. The minimum atomic E-state index is -0.629. The molecule has 0 aliphatic rings. The molecule has 0 saturated carbocycles. The highest BCUT2D eigenvalue weighted by atomic mass is 16.5. The molecule has 0 atom stereocenters. The number of hydrogen-bond donors (Lipinski definition) is 3. The molecule has 9 heteroatoms. The quantitative estimate of drug-likeness (QED) is 0.655. The van der Waals surface area contributed by atoms with Crippen LogP contribution in [0.3, 0.4) is 0 Å². The lowest BCUT2D eigenvalue weighted by Gasteiger charge is -2.08. The molecule has 1 amide bonds. The molecule has 0 bridgehead atoms. The number of aromatic amines is 1. The van der Waals surface area contributed by atoms with Gasteiger partial charge in [0.15, 0.2) is 5.82 Å². The standard InChI is InChI=1S/C11H12N6O3/c1-6(18)16-17-10-13-9(14-11(19)15-10)8-7(20-2)4-3-5-12-8/h3-5H,1-2H3,(H,16,18)(H2,13,14,15,17,19). The van der Waals surface area contributed by atoms with Gasteiger partial charge in [0.05, 0.1) is 7.11 Å². The van der Waals surface area contributed by atoms with E-state index in [0.717, 1.165) is 0 Å². The Morgan fingerprint density at radius 2 is 2.20 bits per heavy atom. The molecule has 2 aromatic heterocycles. The van der Waals surface area contributed by atoms with Crippen LogP contribution in [-0.4, -0.2) is 33.0 Å². The average Bonchev–Trinajstić information content (AvgIpc) is 2.44. The number of H-pyrrole nitrogens is 1. The van der Waals surface area contributed by atoms with Gasteiger partial charge in [-0.1, -0.05) is 0 Å². The molecule has 0 unspecified atom stereocenters. The number of amides is 1. The SMILES string of the molecule is COc1cccnc1-c1nc(NNC(C)=O)nc(=O)[nH]1. The molecule has 2 heterocycles. The summed E-state index contributed by atoms with van der Waals surface area (Å²) in [5, 5.41) is 0. The second-order valence-corrected chi connectivity index (χ2v) is 3.69. The maximum atomic E-state index is 11.5. The third kappa shape index (κ3) is 3.07. The summed E-state index contributed by atoms with van der Waals surface area (Å²) in [4.78, 5) is 36.5. The van der Waals surface area contributed by atoms with E-state index < -0.39 is 5.69 Å². The Hall–Kier alpha value is -2.97. The number of carbonyl (C=O) groups excluding carboxylic acids is 1. The molecular formula is C11H12N6O3. The predicted octanol–water partition coefficient (Wildman–Crippen LogP) is -0.302. The van der Waals surface area contributed by atoms with E-state index in [1.54, 1.807) is 18.3 Å². The van der Waals surface area contributed by atoms with Crippen LogP contribution in [0.1, 0.15) is 6.92 Å². The summed E-state index contributed by atoms with van der Waals surface area (Å²) in [7, 11) is 1.48. The van der Waals surface area contributed by atoms with E-state index in [9.17, 15) is 9.59 Å². The highest BCUT2D eigenvalue weighted by Gasteiger charge is 2.11. The first-order valence-corrected chi connectivity index (χ1v) is 5.60. The Balaban J connectivity index is 2.41. The zero-order valence-electron chi connectivity index (χ0n) is 10.8. The van der Waals surface area contributed by atoms with Crippen molar-refractivity contribution in [3.63, 3.8) is 0 Å². The van der Waals surface area contributed by atoms with Gasteiger partial charge >= 0.3 is 5.69 Å². The molecule has 20 heavy (non-hydrogen) atoms. The lowest BCUT2D eigenvalue weighted by Crippen LogP contribution is -2.29. The largest absolute Gasteiger partial charge is 0.494 e. The summed E-state index contributed by atoms with van der Waals surface area (Å²) in [6.45, 7) is 1.31. The number of nitrogens with zero attached hydrogens (tertiary/aromatic N) is 3. The van der Waals surface area contributed by atoms with Gasteiger partial charge in [0.2, 0.25) is 11.9 Å². The highest BCUT2D eigenvalue weighted by Crippen LogP contribution is 2.23. The lowest BCUT2D eigenvalue weighted by atomic mass is 10.3. The van der Waals surface area contributed by atoms with Crippen molar-refractivity contribution in [2.75, 3.05) is 12.5 Å². The van der Waals surface area contributed by atoms with Crippen LogP contribution >= 0.6 is 0 Å². The van der Waals surface area contributed by atoms with Crippen LogP contribution in [0, 0.1) is 0 Å². The van der Waals surface area contributed by atoms with Gasteiger partial charge < -0.3 is 4.74 Å². The minimum Gasteiger partial charge on any atom is -0.494 e. The molecule has 2 aromatic rings. The van der Waals surface area contributed by atoms with Crippen LogP contribution in [0.25, 0.3) is 11.5 Å². The maximum absolute atomic E-state index is 11.5. The second kappa shape index (κ2) is 5.78. The number of rotatable bonds is 4. The first-order valence-electron chi connectivity index (χ1n) is 5.60. The van der Waals surface area contributed by atoms with Crippen LogP contribution in [0.15, 0.2) is 23.1 Å². The Morgan fingerprint density at radius 3 is 2.90 bits per heavy atom. The smallest absolute Gasteiger partial charge is 0.349 e. The van der Waals surface area contributed by atoms with Crippen molar-refractivity contribution in [2.45, 2.75) is 6.92 Å². The van der Waals surface area contributed by atoms with Crippen LogP contribution < -0.4 is 21.3 Å². The van der Waals surface area contributed by atoms with Crippen molar-refractivity contribution in [3.05, 3.63) is 28.8 Å². The van der Waals surface area contributed by atoms with E-state index >= 15 is 0 Å². The normalized spacial score (nSPS) is 9.90. The van der Waals surface area contributed by atoms with E-state index in [-0.39, 0.29) is 17.7 Å². The predicted molar refractivity (Wildman–Crippen MR) is 69.9 cm³/mol. The fourth-order valence-electron chi connectivity index (χ4n) is 1.43. The molecule has 3 N–H and O–H groups in total. The Morgan fingerprint density at radius 1 is 1.40 bits per heavy atom. The molecule has 104 valence electrons. The summed E-state index contributed by atoms with van der Waals surface area (Å²) in [6, 6.07) is 3.38. The fraction of sp³-hybridized carbons (Fsp3) is 0.182. The van der Waals surface area contributed by atoms with E-state index in [1.807, 2.05) is 0 Å². The van der Waals surface area contributed by atoms with Crippen molar-refractivity contribution in [3.8, 4) is 17.3 Å². The van der Waals surface area contributed by atoms with Gasteiger partial charge in [0, 0.05) is 13.1 Å². The van der Waals surface area contributed by atoms with Gasteiger partial charge in [-0.3, -0.25) is 20.6 Å². The molecule has 0 saturated heterocycles. The third-order valence-corrected chi connectivity index (χ3v) is 2.22. The van der Waals surface area contributed by atoms with Gasteiger partial charge in [0.25, 0.3) is 0 Å².